The van der Waals surface area contributed by atoms with Gasteiger partial charge in [0, 0.05) is 6.42 Å². The average Bonchev–Trinajstić information content (AvgIpc) is 2.97. The Kier molecular flexibility index (Phi) is 3.59. The number of nitrogens with one attached hydrogen (secondary N) is 2. The molecular formula is C11H16N4O3. The minimum Gasteiger partial charge on any atom is -0.481 e. The summed E-state index contributed by atoms with van der Waals surface area (Å²) >= 11 is 0. The highest BCUT2D eigenvalue weighted by atomic mass is 16.4. The molecule has 7 nitrogen and oxygen atoms in total. The van der Waals surface area contributed by atoms with E-state index in [9.17, 15) is 14.7 Å². The number of carbonyl (C=O) groups is 2. The first kappa shape index (κ1) is 12.5. The smallest absolute Gasteiger partial charge is 0.310 e. The molecule has 1 fully saturated rings. The molecule has 18 heavy (non-hydrogen) atoms. The summed E-state index contributed by atoms with van der Waals surface area (Å²) in [5.41, 5.74) is -0.870. The van der Waals surface area contributed by atoms with Crippen molar-refractivity contribution < 1.29 is 14.7 Å². The predicted molar refractivity (Wildman–Crippen MR) is 61.4 cm³/mol. The Hall–Kier alpha value is -1.92. The zero-order chi connectivity index (χ0) is 13.0. The lowest BCUT2D eigenvalue weighted by Crippen LogP contribution is -2.35. The van der Waals surface area contributed by atoms with Gasteiger partial charge in [-0.1, -0.05) is 12.8 Å². The Morgan fingerprint density at radius 3 is 2.72 bits per heavy atom. The van der Waals surface area contributed by atoms with Gasteiger partial charge in [-0.25, -0.2) is 4.98 Å². The number of aliphatic carboxylic acids is 1. The fourth-order valence-electron chi connectivity index (χ4n) is 2.39. The van der Waals surface area contributed by atoms with E-state index < -0.39 is 11.4 Å². The molecule has 1 heterocycles. The highest BCUT2D eigenvalue weighted by Gasteiger charge is 2.42. The number of carboxylic acids is 1. The average molecular weight is 252 g/mol. The molecule has 0 aromatic carbocycles. The number of hydrogen-bond donors (Lipinski definition) is 3. The lowest BCUT2D eigenvalue weighted by molar-refractivity contribution is -0.151. The fourth-order valence-corrected chi connectivity index (χ4v) is 2.39. The molecule has 1 aromatic heterocycles. The molecule has 98 valence electrons. The summed E-state index contributed by atoms with van der Waals surface area (Å²) in [7, 11) is 0. The van der Waals surface area contributed by atoms with E-state index in [0.717, 1.165) is 12.8 Å². The Bertz CT molecular complexity index is 424. The molecule has 1 amide bonds. The van der Waals surface area contributed by atoms with Gasteiger partial charge < -0.3 is 10.4 Å². The van der Waals surface area contributed by atoms with E-state index in [0.29, 0.717) is 18.7 Å². The number of carboxylic acid groups (broad SMARTS) is 1. The van der Waals surface area contributed by atoms with Gasteiger partial charge in [0.2, 0.25) is 5.91 Å². The molecule has 1 aliphatic carbocycles. The van der Waals surface area contributed by atoms with Crippen LogP contribution in [-0.4, -0.2) is 32.2 Å². The second-order valence-corrected chi connectivity index (χ2v) is 4.68. The first-order chi connectivity index (χ1) is 8.62. The van der Waals surface area contributed by atoms with Crippen molar-refractivity contribution in [3.05, 3.63) is 12.2 Å². The van der Waals surface area contributed by atoms with Crippen LogP contribution in [-0.2, 0) is 16.1 Å². The van der Waals surface area contributed by atoms with Gasteiger partial charge in [0.1, 0.15) is 12.2 Å². The van der Waals surface area contributed by atoms with E-state index in [1.165, 1.54) is 6.33 Å². The van der Waals surface area contributed by atoms with Crippen LogP contribution in [0, 0.1) is 5.41 Å². The molecule has 1 saturated carbocycles. The van der Waals surface area contributed by atoms with Crippen LogP contribution in [0.2, 0.25) is 0 Å². The van der Waals surface area contributed by atoms with E-state index in [-0.39, 0.29) is 18.9 Å². The minimum absolute atomic E-state index is 0.0382. The van der Waals surface area contributed by atoms with Crippen LogP contribution in [0.5, 0.6) is 0 Å². The molecule has 0 saturated heterocycles. The topological polar surface area (TPSA) is 108 Å². The van der Waals surface area contributed by atoms with Crippen molar-refractivity contribution in [3.8, 4) is 0 Å². The molecule has 0 atom stereocenters. The van der Waals surface area contributed by atoms with Crippen LogP contribution in [0.15, 0.2) is 6.33 Å². The summed E-state index contributed by atoms with van der Waals surface area (Å²) in [5, 5.41) is 18.2. The van der Waals surface area contributed by atoms with Crippen molar-refractivity contribution in [2.45, 2.75) is 38.6 Å². The molecule has 0 radical (unpaired) electrons. The van der Waals surface area contributed by atoms with Gasteiger partial charge in [-0.3, -0.25) is 14.7 Å². The zero-order valence-corrected chi connectivity index (χ0v) is 9.98. The Morgan fingerprint density at radius 2 is 2.17 bits per heavy atom. The molecule has 3 N–H and O–H groups in total. The van der Waals surface area contributed by atoms with E-state index >= 15 is 0 Å². The minimum atomic E-state index is -0.870. The number of amides is 1. The summed E-state index contributed by atoms with van der Waals surface area (Å²) < 4.78 is 0. The predicted octanol–water partition coefficient (Wildman–Crippen LogP) is 0.456. The molecule has 0 bridgehead atoms. The molecule has 7 heteroatoms. The van der Waals surface area contributed by atoms with Crippen LogP contribution >= 0.6 is 0 Å². The quantitative estimate of drug-likeness (QED) is 0.705. The van der Waals surface area contributed by atoms with Gasteiger partial charge in [-0.2, -0.15) is 5.10 Å². The van der Waals surface area contributed by atoms with Gasteiger partial charge in [0.05, 0.1) is 12.0 Å². The molecule has 2 rings (SSSR count). The maximum Gasteiger partial charge on any atom is 0.310 e. The Labute approximate surface area is 104 Å². The SMILES string of the molecule is O=C(CC1(C(=O)O)CCCC1)NCc1ncn[nH]1. The summed E-state index contributed by atoms with van der Waals surface area (Å²) in [6.45, 7) is 0.245. The molecular weight excluding hydrogens is 236 g/mol. The molecule has 1 aliphatic rings. The van der Waals surface area contributed by atoms with Crippen molar-refractivity contribution in [2.24, 2.45) is 5.41 Å². The van der Waals surface area contributed by atoms with Crippen molar-refractivity contribution in [1.82, 2.24) is 20.5 Å². The maximum absolute atomic E-state index is 11.8. The highest BCUT2D eigenvalue weighted by molar-refractivity contribution is 5.85. The number of nitrogens with zero attached hydrogens (tertiary/aromatic N) is 2. The van der Waals surface area contributed by atoms with Gasteiger partial charge in [-0.05, 0) is 12.8 Å². The summed E-state index contributed by atoms with van der Waals surface area (Å²) in [6.07, 6.45) is 4.31. The lowest BCUT2D eigenvalue weighted by atomic mass is 9.82. The largest absolute Gasteiger partial charge is 0.481 e. The van der Waals surface area contributed by atoms with Crippen molar-refractivity contribution in [2.75, 3.05) is 0 Å². The highest BCUT2D eigenvalue weighted by Crippen LogP contribution is 2.41. The number of H-pyrrole nitrogens is 1. The maximum atomic E-state index is 11.8. The zero-order valence-electron chi connectivity index (χ0n) is 9.98. The third-order valence-electron chi connectivity index (χ3n) is 3.43. The second kappa shape index (κ2) is 5.16. The van der Waals surface area contributed by atoms with Gasteiger partial charge in [0.25, 0.3) is 0 Å². The van der Waals surface area contributed by atoms with Crippen LogP contribution < -0.4 is 5.32 Å². The monoisotopic (exact) mass is 252 g/mol. The molecule has 0 aliphatic heterocycles. The first-order valence-electron chi connectivity index (χ1n) is 5.97. The summed E-state index contributed by atoms with van der Waals surface area (Å²) in [6, 6.07) is 0. The fraction of sp³-hybridized carbons (Fsp3) is 0.636. The lowest BCUT2D eigenvalue weighted by Gasteiger charge is -2.22. The van der Waals surface area contributed by atoms with Crippen molar-refractivity contribution in [1.29, 1.82) is 0 Å². The number of rotatable bonds is 5. The number of aromatic nitrogens is 3. The van der Waals surface area contributed by atoms with Crippen molar-refractivity contribution in [3.63, 3.8) is 0 Å². The number of hydrogen-bond acceptors (Lipinski definition) is 4. The van der Waals surface area contributed by atoms with E-state index in [1.54, 1.807) is 0 Å². The van der Waals surface area contributed by atoms with Crippen LogP contribution in [0.1, 0.15) is 37.9 Å². The molecule has 1 aromatic rings. The van der Waals surface area contributed by atoms with Gasteiger partial charge in [0.15, 0.2) is 0 Å². The summed E-state index contributed by atoms with van der Waals surface area (Å²) in [4.78, 5) is 26.9. The second-order valence-electron chi connectivity index (χ2n) is 4.68. The third kappa shape index (κ3) is 2.66. The number of carbonyl (C=O) groups excluding carboxylic acids is 1. The van der Waals surface area contributed by atoms with Crippen LogP contribution in [0.3, 0.4) is 0 Å². The Balaban J connectivity index is 1.88. The summed E-state index contributed by atoms with van der Waals surface area (Å²) in [5.74, 6) is -0.565. The molecule has 0 spiro atoms. The van der Waals surface area contributed by atoms with Crippen molar-refractivity contribution >= 4 is 11.9 Å². The third-order valence-corrected chi connectivity index (χ3v) is 3.43. The first-order valence-corrected chi connectivity index (χ1v) is 5.97. The standard InChI is InChI=1S/C11H16N4O3/c16-9(12-6-8-13-7-14-15-8)5-11(10(17)18)3-1-2-4-11/h7H,1-6H2,(H,12,16)(H,17,18)(H,13,14,15). The van der Waals surface area contributed by atoms with E-state index in [4.69, 9.17) is 0 Å². The van der Waals surface area contributed by atoms with Crippen LogP contribution in [0.4, 0.5) is 0 Å². The normalized spacial score (nSPS) is 17.6. The van der Waals surface area contributed by atoms with E-state index in [2.05, 4.69) is 20.5 Å². The van der Waals surface area contributed by atoms with Crippen LogP contribution in [0.25, 0.3) is 0 Å². The van der Waals surface area contributed by atoms with Gasteiger partial charge in [-0.15, -0.1) is 0 Å². The van der Waals surface area contributed by atoms with E-state index in [1.807, 2.05) is 0 Å². The Morgan fingerprint density at radius 1 is 1.44 bits per heavy atom. The number of aromatic amines is 1. The van der Waals surface area contributed by atoms with Gasteiger partial charge >= 0.3 is 5.97 Å². The molecule has 0 unspecified atom stereocenters.